The van der Waals surface area contributed by atoms with E-state index in [1.54, 1.807) is 0 Å². The summed E-state index contributed by atoms with van der Waals surface area (Å²) in [4.78, 5) is 0. The van der Waals surface area contributed by atoms with Gasteiger partial charge in [-0.25, -0.2) is 0 Å². The van der Waals surface area contributed by atoms with Crippen molar-refractivity contribution in [1.29, 1.82) is 0 Å². The van der Waals surface area contributed by atoms with Crippen molar-refractivity contribution in [3.8, 4) is 0 Å². The molecule has 1 rings (SSSR count). The maximum atomic E-state index is 5.70. The van der Waals surface area contributed by atoms with Crippen LogP contribution in [0.15, 0.2) is 0 Å². The fourth-order valence-electron chi connectivity index (χ4n) is 2.09. The zero-order valence-corrected chi connectivity index (χ0v) is 10.9. The minimum atomic E-state index is 0.511. The van der Waals surface area contributed by atoms with Gasteiger partial charge in [0, 0.05) is 19.2 Å². The molecule has 0 aromatic carbocycles. The van der Waals surface area contributed by atoms with Crippen LogP contribution in [-0.2, 0) is 4.74 Å². The zero-order chi connectivity index (χ0) is 11.6. The molecule has 1 aliphatic heterocycles. The lowest BCUT2D eigenvalue weighted by atomic mass is 10.1. The minimum absolute atomic E-state index is 0.511. The van der Waals surface area contributed by atoms with Gasteiger partial charge in [-0.3, -0.25) is 0 Å². The SMILES string of the molecule is CCCNCC(C)NCCC1CCCCO1. The Bertz CT molecular complexity index is 158. The quantitative estimate of drug-likeness (QED) is 0.623. The van der Waals surface area contributed by atoms with Crippen molar-refractivity contribution in [2.24, 2.45) is 0 Å². The van der Waals surface area contributed by atoms with E-state index in [1.165, 1.54) is 25.7 Å². The molecule has 2 N–H and O–H groups in total. The van der Waals surface area contributed by atoms with E-state index < -0.39 is 0 Å². The van der Waals surface area contributed by atoms with E-state index in [4.69, 9.17) is 4.74 Å². The highest BCUT2D eigenvalue weighted by Gasteiger charge is 2.13. The Morgan fingerprint density at radius 2 is 2.19 bits per heavy atom. The summed E-state index contributed by atoms with van der Waals surface area (Å²) in [7, 11) is 0. The molecule has 96 valence electrons. The van der Waals surface area contributed by atoms with Crippen LogP contribution in [0.1, 0.15) is 46.0 Å². The smallest absolute Gasteiger partial charge is 0.0587 e. The van der Waals surface area contributed by atoms with E-state index in [0.717, 1.165) is 32.7 Å². The van der Waals surface area contributed by atoms with Crippen LogP contribution in [0.3, 0.4) is 0 Å². The zero-order valence-electron chi connectivity index (χ0n) is 10.9. The summed E-state index contributed by atoms with van der Waals surface area (Å²) >= 11 is 0. The van der Waals surface area contributed by atoms with Gasteiger partial charge in [-0.05, 0) is 52.1 Å². The van der Waals surface area contributed by atoms with Crippen molar-refractivity contribution in [3.05, 3.63) is 0 Å². The third kappa shape index (κ3) is 6.46. The monoisotopic (exact) mass is 228 g/mol. The number of nitrogens with one attached hydrogen (secondary N) is 2. The maximum absolute atomic E-state index is 5.70. The van der Waals surface area contributed by atoms with Gasteiger partial charge in [-0.1, -0.05) is 6.92 Å². The predicted octanol–water partition coefficient (Wildman–Crippen LogP) is 1.92. The Labute approximate surface area is 100 Å². The lowest BCUT2D eigenvalue weighted by Gasteiger charge is -2.23. The summed E-state index contributed by atoms with van der Waals surface area (Å²) in [5.74, 6) is 0. The third-order valence-corrected chi connectivity index (χ3v) is 3.11. The molecule has 0 bridgehead atoms. The summed E-state index contributed by atoms with van der Waals surface area (Å²) in [6, 6.07) is 0.565. The summed E-state index contributed by atoms with van der Waals surface area (Å²) in [6.45, 7) is 8.69. The van der Waals surface area contributed by atoms with E-state index in [0.29, 0.717) is 12.1 Å². The van der Waals surface area contributed by atoms with E-state index >= 15 is 0 Å². The third-order valence-electron chi connectivity index (χ3n) is 3.11. The standard InChI is InChI=1S/C13H28N2O/c1-3-8-14-11-12(2)15-9-7-13-6-4-5-10-16-13/h12-15H,3-11H2,1-2H3. The average molecular weight is 228 g/mol. The molecule has 0 aromatic rings. The van der Waals surface area contributed by atoms with Crippen molar-refractivity contribution in [2.75, 3.05) is 26.2 Å². The van der Waals surface area contributed by atoms with Gasteiger partial charge in [0.05, 0.1) is 6.10 Å². The minimum Gasteiger partial charge on any atom is -0.378 e. The van der Waals surface area contributed by atoms with Gasteiger partial charge < -0.3 is 15.4 Å². The molecule has 3 nitrogen and oxygen atoms in total. The highest BCUT2D eigenvalue weighted by molar-refractivity contribution is 4.68. The van der Waals surface area contributed by atoms with Gasteiger partial charge in [-0.2, -0.15) is 0 Å². The van der Waals surface area contributed by atoms with Crippen molar-refractivity contribution in [1.82, 2.24) is 10.6 Å². The Kier molecular flexibility index (Phi) is 7.81. The molecule has 0 radical (unpaired) electrons. The molecule has 0 aliphatic carbocycles. The van der Waals surface area contributed by atoms with Crippen LogP contribution in [0.4, 0.5) is 0 Å². The molecule has 2 atom stereocenters. The van der Waals surface area contributed by atoms with E-state index in [2.05, 4.69) is 24.5 Å². The molecule has 0 saturated carbocycles. The highest BCUT2D eigenvalue weighted by atomic mass is 16.5. The van der Waals surface area contributed by atoms with Gasteiger partial charge >= 0.3 is 0 Å². The molecule has 2 unspecified atom stereocenters. The summed E-state index contributed by atoms with van der Waals surface area (Å²) in [5.41, 5.74) is 0. The van der Waals surface area contributed by atoms with Crippen molar-refractivity contribution >= 4 is 0 Å². The van der Waals surface area contributed by atoms with E-state index in [-0.39, 0.29) is 0 Å². The maximum Gasteiger partial charge on any atom is 0.0587 e. The lowest BCUT2D eigenvalue weighted by molar-refractivity contribution is 0.0113. The molecule has 3 heteroatoms. The molecule has 0 spiro atoms. The van der Waals surface area contributed by atoms with Crippen molar-refractivity contribution in [3.63, 3.8) is 0 Å². The molecule has 1 saturated heterocycles. The van der Waals surface area contributed by atoms with Gasteiger partial charge in [0.1, 0.15) is 0 Å². The molecular formula is C13H28N2O. The van der Waals surface area contributed by atoms with Crippen LogP contribution in [0.25, 0.3) is 0 Å². The molecule has 0 aromatic heterocycles. The normalized spacial score (nSPS) is 23.2. The first-order chi connectivity index (χ1) is 7.83. The molecular weight excluding hydrogens is 200 g/mol. The average Bonchev–Trinajstić information content (AvgIpc) is 2.31. The van der Waals surface area contributed by atoms with Crippen LogP contribution in [-0.4, -0.2) is 38.4 Å². The summed E-state index contributed by atoms with van der Waals surface area (Å²) in [5, 5.41) is 6.98. The largest absolute Gasteiger partial charge is 0.378 e. The van der Waals surface area contributed by atoms with Gasteiger partial charge in [0.15, 0.2) is 0 Å². The summed E-state index contributed by atoms with van der Waals surface area (Å²) in [6.07, 6.45) is 6.74. The number of hydrogen-bond donors (Lipinski definition) is 2. The van der Waals surface area contributed by atoms with Crippen LogP contribution in [0, 0.1) is 0 Å². The molecule has 1 aliphatic rings. The highest BCUT2D eigenvalue weighted by Crippen LogP contribution is 2.14. The first kappa shape index (κ1) is 13.9. The molecule has 16 heavy (non-hydrogen) atoms. The van der Waals surface area contributed by atoms with Crippen LogP contribution in [0.5, 0.6) is 0 Å². The van der Waals surface area contributed by atoms with Crippen LogP contribution < -0.4 is 10.6 Å². The second-order valence-electron chi connectivity index (χ2n) is 4.84. The number of hydrogen-bond acceptors (Lipinski definition) is 3. The Hall–Kier alpha value is -0.120. The first-order valence-electron chi connectivity index (χ1n) is 6.88. The van der Waals surface area contributed by atoms with Gasteiger partial charge in [0.2, 0.25) is 0 Å². The lowest BCUT2D eigenvalue weighted by Crippen LogP contribution is -2.38. The van der Waals surface area contributed by atoms with Gasteiger partial charge in [0.25, 0.3) is 0 Å². The molecule has 1 heterocycles. The number of ether oxygens (including phenoxy) is 1. The van der Waals surface area contributed by atoms with Crippen molar-refractivity contribution < 1.29 is 4.74 Å². The predicted molar refractivity (Wildman–Crippen MR) is 68.8 cm³/mol. The Morgan fingerprint density at radius 3 is 2.88 bits per heavy atom. The second-order valence-corrected chi connectivity index (χ2v) is 4.84. The van der Waals surface area contributed by atoms with Gasteiger partial charge in [-0.15, -0.1) is 0 Å². The first-order valence-corrected chi connectivity index (χ1v) is 6.88. The fraction of sp³-hybridized carbons (Fsp3) is 1.00. The van der Waals surface area contributed by atoms with Crippen molar-refractivity contribution in [2.45, 2.75) is 58.1 Å². The van der Waals surface area contributed by atoms with E-state index in [9.17, 15) is 0 Å². The Balaban J connectivity index is 1.92. The topological polar surface area (TPSA) is 33.3 Å². The van der Waals surface area contributed by atoms with Crippen LogP contribution >= 0.6 is 0 Å². The molecule has 0 amide bonds. The number of rotatable bonds is 8. The summed E-state index contributed by atoms with van der Waals surface area (Å²) < 4.78 is 5.70. The molecule has 1 fully saturated rings. The fourth-order valence-corrected chi connectivity index (χ4v) is 2.09. The second kappa shape index (κ2) is 8.97. The van der Waals surface area contributed by atoms with Crippen LogP contribution in [0.2, 0.25) is 0 Å². The Morgan fingerprint density at radius 1 is 1.31 bits per heavy atom. The van der Waals surface area contributed by atoms with E-state index in [1.807, 2.05) is 0 Å².